The molecule has 0 aliphatic rings. The Bertz CT molecular complexity index is 625. The Morgan fingerprint density at radius 2 is 1.67 bits per heavy atom. The zero-order chi connectivity index (χ0) is 15.1. The number of para-hydroxylation sites is 2. The number of hydrogen-bond acceptors (Lipinski definition) is 4. The van der Waals surface area contributed by atoms with E-state index in [2.05, 4.69) is 10.1 Å². The molecule has 5 heteroatoms. The van der Waals surface area contributed by atoms with E-state index in [0.717, 1.165) is 0 Å². The third kappa shape index (κ3) is 4.07. The minimum atomic E-state index is -0.506. The second-order valence-electron chi connectivity index (χ2n) is 4.18. The van der Waals surface area contributed by atoms with Crippen LogP contribution in [-0.4, -0.2) is 25.6 Å². The molecule has 2 rings (SSSR count). The van der Waals surface area contributed by atoms with Crippen LogP contribution in [-0.2, 0) is 9.53 Å². The van der Waals surface area contributed by atoms with Gasteiger partial charge in [0.05, 0.1) is 12.7 Å². The predicted molar refractivity (Wildman–Crippen MR) is 78.3 cm³/mol. The molecular weight excluding hydrogens is 270 g/mol. The highest BCUT2D eigenvalue weighted by Gasteiger charge is 2.13. The van der Waals surface area contributed by atoms with Crippen LogP contribution in [0.5, 0.6) is 5.75 Å². The second-order valence-corrected chi connectivity index (χ2v) is 4.18. The van der Waals surface area contributed by atoms with Crippen LogP contribution in [0.2, 0.25) is 0 Å². The van der Waals surface area contributed by atoms with Crippen LogP contribution in [0.25, 0.3) is 0 Å². The minimum Gasteiger partial charge on any atom is -0.481 e. The quantitative estimate of drug-likeness (QED) is 0.857. The van der Waals surface area contributed by atoms with E-state index in [0.29, 0.717) is 17.0 Å². The Morgan fingerprint density at radius 1 is 1.00 bits per heavy atom. The van der Waals surface area contributed by atoms with Gasteiger partial charge in [-0.3, -0.25) is 4.79 Å². The molecule has 0 unspecified atom stereocenters. The van der Waals surface area contributed by atoms with Crippen molar-refractivity contribution in [3.8, 4) is 5.75 Å². The number of ether oxygens (including phenoxy) is 2. The van der Waals surface area contributed by atoms with Crippen molar-refractivity contribution in [1.82, 2.24) is 0 Å². The van der Waals surface area contributed by atoms with Gasteiger partial charge in [-0.05, 0) is 24.3 Å². The lowest BCUT2D eigenvalue weighted by Gasteiger charge is -2.11. The molecule has 0 bridgehead atoms. The molecule has 0 saturated carbocycles. The van der Waals surface area contributed by atoms with Gasteiger partial charge in [-0.1, -0.05) is 30.3 Å². The van der Waals surface area contributed by atoms with E-state index in [-0.39, 0.29) is 12.5 Å². The van der Waals surface area contributed by atoms with Crippen molar-refractivity contribution >= 4 is 17.6 Å². The number of amides is 1. The number of carbonyl (C=O) groups is 2. The summed E-state index contributed by atoms with van der Waals surface area (Å²) in [5.74, 6) is -0.480. The van der Waals surface area contributed by atoms with Gasteiger partial charge in [-0.2, -0.15) is 0 Å². The monoisotopic (exact) mass is 285 g/mol. The summed E-state index contributed by atoms with van der Waals surface area (Å²) in [6.07, 6.45) is 0. The second kappa shape index (κ2) is 7.09. The summed E-state index contributed by atoms with van der Waals surface area (Å²) in [5, 5.41) is 2.77. The topological polar surface area (TPSA) is 64.6 Å². The van der Waals surface area contributed by atoms with Crippen LogP contribution in [0, 0.1) is 0 Å². The normalized spacial score (nSPS) is 9.76. The lowest BCUT2D eigenvalue weighted by atomic mass is 10.2. The Kier molecular flexibility index (Phi) is 4.93. The van der Waals surface area contributed by atoms with Gasteiger partial charge < -0.3 is 14.8 Å². The van der Waals surface area contributed by atoms with E-state index in [1.54, 1.807) is 36.4 Å². The van der Waals surface area contributed by atoms with Gasteiger partial charge in [0.25, 0.3) is 5.91 Å². The molecule has 0 aliphatic carbocycles. The summed E-state index contributed by atoms with van der Waals surface area (Å²) in [4.78, 5) is 23.4. The smallest absolute Gasteiger partial charge is 0.343 e. The zero-order valence-electron chi connectivity index (χ0n) is 11.5. The van der Waals surface area contributed by atoms with E-state index in [1.807, 2.05) is 18.2 Å². The molecule has 0 spiro atoms. The van der Waals surface area contributed by atoms with Gasteiger partial charge >= 0.3 is 5.97 Å². The van der Waals surface area contributed by atoms with Gasteiger partial charge in [-0.25, -0.2) is 4.79 Å². The highest BCUT2D eigenvalue weighted by Crippen LogP contribution is 2.19. The van der Waals surface area contributed by atoms with Crippen molar-refractivity contribution in [3.63, 3.8) is 0 Å². The van der Waals surface area contributed by atoms with Crippen molar-refractivity contribution in [2.24, 2.45) is 0 Å². The van der Waals surface area contributed by atoms with Gasteiger partial charge in [-0.15, -0.1) is 0 Å². The van der Waals surface area contributed by atoms with Crippen LogP contribution in [0.1, 0.15) is 10.4 Å². The summed E-state index contributed by atoms with van der Waals surface area (Å²) in [7, 11) is 1.28. The molecular formula is C16H15NO4. The maximum atomic E-state index is 12.2. The number of hydrogen-bond donors (Lipinski definition) is 1. The van der Waals surface area contributed by atoms with E-state index in [9.17, 15) is 9.59 Å². The fourth-order valence-electron chi connectivity index (χ4n) is 1.70. The van der Waals surface area contributed by atoms with Crippen molar-refractivity contribution in [2.45, 2.75) is 0 Å². The fourth-order valence-corrected chi connectivity index (χ4v) is 1.70. The van der Waals surface area contributed by atoms with Gasteiger partial charge in [0, 0.05) is 5.69 Å². The highest BCUT2D eigenvalue weighted by atomic mass is 16.6. The summed E-state index contributed by atoms with van der Waals surface area (Å²) in [6, 6.07) is 15.8. The summed E-state index contributed by atoms with van der Waals surface area (Å²) in [6.45, 7) is -0.244. The third-order valence-corrected chi connectivity index (χ3v) is 2.74. The molecule has 1 amide bonds. The zero-order valence-corrected chi connectivity index (χ0v) is 11.5. The Morgan fingerprint density at radius 3 is 2.38 bits per heavy atom. The van der Waals surface area contributed by atoms with Gasteiger partial charge in [0.2, 0.25) is 0 Å². The van der Waals surface area contributed by atoms with Crippen LogP contribution in [0.3, 0.4) is 0 Å². The number of methoxy groups -OCH3 is 1. The Balaban J connectivity index is 2.11. The van der Waals surface area contributed by atoms with Crippen molar-refractivity contribution in [2.75, 3.05) is 19.0 Å². The molecule has 0 atom stereocenters. The van der Waals surface area contributed by atoms with Crippen molar-refractivity contribution in [3.05, 3.63) is 60.2 Å². The third-order valence-electron chi connectivity index (χ3n) is 2.74. The standard InChI is InChI=1S/C16H15NO4/c1-20-15(18)11-21-14-10-6-5-9-13(14)16(19)17-12-7-3-2-4-8-12/h2-10H,11H2,1H3,(H,17,19). The largest absolute Gasteiger partial charge is 0.481 e. The molecule has 0 radical (unpaired) electrons. The number of anilines is 1. The minimum absolute atomic E-state index is 0.244. The average Bonchev–Trinajstić information content (AvgIpc) is 2.53. The SMILES string of the molecule is COC(=O)COc1ccccc1C(=O)Nc1ccccc1. The molecule has 2 aromatic rings. The fraction of sp³-hybridized carbons (Fsp3) is 0.125. The molecule has 1 N–H and O–H groups in total. The first-order valence-corrected chi connectivity index (χ1v) is 6.36. The number of rotatable bonds is 5. The van der Waals surface area contributed by atoms with Crippen LogP contribution in [0.15, 0.2) is 54.6 Å². The molecule has 0 aliphatic heterocycles. The highest BCUT2D eigenvalue weighted by molar-refractivity contribution is 6.06. The average molecular weight is 285 g/mol. The summed E-state index contributed by atoms with van der Waals surface area (Å²) >= 11 is 0. The first-order valence-electron chi connectivity index (χ1n) is 6.36. The molecule has 108 valence electrons. The van der Waals surface area contributed by atoms with Crippen LogP contribution in [0.4, 0.5) is 5.69 Å². The molecule has 5 nitrogen and oxygen atoms in total. The maximum absolute atomic E-state index is 12.2. The summed E-state index contributed by atoms with van der Waals surface area (Å²) in [5.41, 5.74) is 1.04. The van der Waals surface area contributed by atoms with Crippen molar-refractivity contribution in [1.29, 1.82) is 0 Å². The Hall–Kier alpha value is -2.82. The van der Waals surface area contributed by atoms with E-state index in [1.165, 1.54) is 7.11 Å². The lowest BCUT2D eigenvalue weighted by molar-refractivity contribution is -0.142. The molecule has 21 heavy (non-hydrogen) atoms. The van der Waals surface area contributed by atoms with Crippen LogP contribution >= 0.6 is 0 Å². The number of benzene rings is 2. The van der Waals surface area contributed by atoms with Gasteiger partial charge in [0.15, 0.2) is 6.61 Å². The first kappa shape index (κ1) is 14.6. The first-order chi connectivity index (χ1) is 10.2. The summed E-state index contributed by atoms with van der Waals surface area (Å²) < 4.78 is 9.82. The molecule has 2 aromatic carbocycles. The number of carbonyl (C=O) groups excluding carboxylic acids is 2. The van der Waals surface area contributed by atoms with E-state index in [4.69, 9.17) is 4.74 Å². The van der Waals surface area contributed by atoms with E-state index >= 15 is 0 Å². The number of nitrogens with one attached hydrogen (secondary N) is 1. The Labute approximate surface area is 122 Å². The molecule has 0 saturated heterocycles. The van der Waals surface area contributed by atoms with Crippen LogP contribution < -0.4 is 10.1 Å². The maximum Gasteiger partial charge on any atom is 0.343 e. The van der Waals surface area contributed by atoms with E-state index < -0.39 is 5.97 Å². The van der Waals surface area contributed by atoms with Crippen molar-refractivity contribution < 1.29 is 19.1 Å². The molecule has 0 heterocycles. The molecule has 0 aromatic heterocycles. The number of esters is 1. The predicted octanol–water partition coefficient (Wildman–Crippen LogP) is 2.49. The van der Waals surface area contributed by atoms with Gasteiger partial charge in [0.1, 0.15) is 5.75 Å². The lowest BCUT2D eigenvalue weighted by Crippen LogP contribution is -2.17. The molecule has 0 fully saturated rings.